The van der Waals surface area contributed by atoms with Crippen molar-refractivity contribution in [2.75, 3.05) is 13.2 Å². The van der Waals surface area contributed by atoms with Crippen LogP contribution in [0.4, 0.5) is 0 Å². The lowest BCUT2D eigenvalue weighted by atomic mass is 10.2. The molecular weight excluding hydrogens is 304 g/mol. The lowest BCUT2D eigenvalue weighted by Gasteiger charge is -2.13. The molecule has 23 heavy (non-hydrogen) atoms. The van der Waals surface area contributed by atoms with Crippen molar-refractivity contribution in [3.05, 3.63) is 69.0 Å². The smallest absolute Gasteiger partial charge is 0.338 e. The van der Waals surface area contributed by atoms with Gasteiger partial charge in [-0.3, -0.25) is 14.3 Å². The largest absolute Gasteiger partial charge is 0.457 e. The summed E-state index contributed by atoms with van der Waals surface area (Å²) in [6, 6.07) is 9.76. The third kappa shape index (κ3) is 3.55. The summed E-state index contributed by atoms with van der Waals surface area (Å²) in [6.45, 7) is 0.0157. The number of carbonyl (C=O) groups is 1. The molecule has 2 aromatic rings. The first-order valence-electron chi connectivity index (χ1n) is 6.94. The summed E-state index contributed by atoms with van der Waals surface area (Å²) in [4.78, 5) is 36.7. The number of carbonyl (C=O) groups excluding carboxylic acids is 1. The number of nitrogens with one attached hydrogen (secondary N) is 1. The van der Waals surface area contributed by atoms with E-state index in [1.165, 1.54) is 16.8 Å². The zero-order valence-corrected chi connectivity index (χ0v) is 12.0. The average molecular weight is 318 g/mol. The lowest BCUT2D eigenvalue weighted by molar-refractivity contribution is -0.103. The molecule has 0 spiro atoms. The maximum atomic E-state index is 11.8. The van der Waals surface area contributed by atoms with Crippen LogP contribution in [0.25, 0.3) is 0 Å². The van der Waals surface area contributed by atoms with Crippen LogP contribution < -0.4 is 11.2 Å². The zero-order valence-electron chi connectivity index (χ0n) is 12.0. The molecule has 2 atom stereocenters. The van der Waals surface area contributed by atoms with E-state index in [9.17, 15) is 14.4 Å². The first-order valence-corrected chi connectivity index (χ1v) is 6.94. The molecule has 8 nitrogen and oxygen atoms in total. The quantitative estimate of drug-likeness (QED) is 0.812. The van der Waals surface area contributed by atoms with Crippen LogP contribution in [-0.4, -0.2) is 35.0 Å². The summed E-state index contributed by atoms with van der Waals surface area (Å²) in [6.07, 6.45) is -0.126. The minimum absolute atomic E-state index is 0.0949. The second-order valence-electron chi connectivity index (χ2n) is 4.84. The standard InChI is InChI=1S/C15H14N2O6/c18-11-6-7-17(15(20)16-11)12-8-21-13(23-12)9-22-14(19)10-4-2-1-3-5-10/h1-7,12-13H,8-9H2,(H,16,18,20). The van der Waals surface area contributed by atoms with Gasteiger partial charge in [-0.05, 0) is 12.1 Å². The van der Waals surface area contributed by atoms with Gasteiger partial charge in [-0.1, -0.05) is 18.2 Å². The molecule has 1 aromatic heterocycles. The zero-order chi connectivity index (χ0) is 16.2. The molecule has 1 N–H and O–H groups in total. The molecule has 0 saturated carbocycles. The van der Waals surface area contributed by atoms with Gasteiger partial charge in [0.25, 0.3) is 5.56 Å². The van der Waals surface area contributed by atoms with E-state index in [0.717, 1.165) is 0 Å². The Morgan fingerprint density at radius 3 is 2.78 bits per heavy atom. The number of hydrogen-bond acceptors (Lipinski definition) is 6. The molecule has 1 saturated heterocycles. The van der Waals surface area contributed by atoms with Crippen LogP contribution in [0.3, 0.4) is 0 Å². The number of rotatable bonds is 4. The van der Waals surface area contributed by atoms with Gasteiger partial charge in [-0.15, -0.1) is 0 Å². The van der Waals surface area contributed by atoms with Crippen LogP contribution >= 0.6 is 0 Å². The Labute approximate surface area is 130 Å². The molecule has 1 aromatic carbocycles. The highest BCUT2D eigenvalue weighted by molar-refractivity contribution is 5.89. The monoisotopic (exact) mass is 318 g/mol. The molecular formula is C15H14N2O6. The van der Waals surface area contributed by atoms with Crippen LogP contribution in [0.2, 0.25) is 0 Å². The summed E-state index contributed by atoms with van der Waals surface area (Å²) in [5.41, 5.74) is -0.648. The van der Waals surface area contributed by atoms with E-state index in [0.29, 0.717) is 5.56 Å². The van der Waals surface area contributed by atoms with Crippen molar-refractivity contribution >= 4 is 5.97 Å². The molecule has 1 aliphatic rings. The number of H-pyrrole nitrogens is 1. The fraction of sp³-hybridized carbons (Fsp3) is 0.267. The van der Waals surface area contributed by atoms with Crippen LogP contribution in [0.5, 0.6) is 0 Å². The van der Waals surface area contributed by atoms with Crippen LogP contribution in [0.15, 0.2) is 52.2 Å². The number of nitrogens with zero attached hydrogens (tertiary/aromatic N) is 1. The maximum Gasteiger partial charge on any atom is 0.338 e. The van der Waals surface area contributed by atoms with Crippen LogP contribution in [-0.2, 0) is 14.2 Å². The van der Waals surface area contributed by atoms with Crippen molar-refractivity contribution < 1.29 is 19.0 Å². The van der Waals surface area contributed by atoms with Crippen LogP contribution in [0, 0.1) is 0 Å². The SMILES string of the molecule is O=C(OCC1OCC(n2ccc(=O)[nH]c2=O)O1)c1ccccc1. The highest BCUT2D eigenvalue weighted by Gasteiger charge is 2.29. The summed E-state index contributed by atoms with van der Waals surface area (Å²) in [5, 5.41) is 0. The molecule has 8 heteroatoms. The Kier molecular flexibility index (Phi) is 4.35. The third-order valence-electron chi connectivity index (χ3n) is 3.25. The van der Waals surface area contributed by atoms with Crippen LogP contribution in [0.1, 0.15) is 16.6 Å². The fourth-order valence-corrected chi connectivity index (χ4v) is 2.13. The number of esters is 1. The molecule has 0 radical (unpaired) electrons. The Balaban J connectivity index is 1.57. The minimum atomic E-state index is -0.772. The number of aromatic nitrogens is 2. The highest BCUT2D eigenvalue weighted by atomic mass is 16.7. The van der Waals surface area contributed by atoms with Gasteiger partial charge in [0, 0.05) is 12.3 Å². The molecule has 2 heterocycles. The summed E-state index contributed by atoms with van der Waals surface area (Å²) in [7, 11) is 0. The predicted octanol–water partition coefficient (Wildman–Crippen LogP) is 0.265. The number of ether oxygens (including phenoxy) is 3. The van der Waals surface area contributed by atoms with Crippen molar-refractivity contribution in [2.24, 2.45) is 0 Å². The molecule has 1 fully saturated rings. The fourth-order valence-electron chi connectivity index (χ4n) is 2.13. The van der Waals surface area contributed by atoms with E-state index in [-0.39, 0.29) is 13.2 Å². The van der Waals surface area contributed by atoms with Gasteiger partial charge in [0.05, 0.1) is 12.2 Å². The van der Waals surface area contributed by atoms with E-state index in [4.69, 9.17) is 14.2 Å². The average Bonchev–Trinajstić information content (AvgIpc) is 3.02. The van der Waals surface area contributed by atoms with Gasteiger partial charge >= 0.3 is 11.7 Å². The van der Waals surface area contributed by atoms with Crippen molar-refractivity contribution in [1.29, 1.82) is 0 Å². The molecule has 0 bridgehead atoms. The Morgan fingerprint density at radius 2 is 2.04 bits per heavy atom. The Hall–Kier alpha value is -2.71. The Bertz CT molecular complexity index is 797. The first kappa shape index (κ1) is 15.2. The molecule has 2 unspecified atom stereocenters. The summed E-state index contributed by atoms with van der Waals surface area (Å²) in [5.74, 6) is -0.484. The van der Waals surface area contributed by atoms with Crippen molar-refractivity contribution in [2.45, 2.75) is 12.5 Å². The van der Waals surface area contributed by atoms with Crippen molar-refractivity contribution in [3.63, 3.8) is 0 Å². The van der Waals surface area contributed by atoms with Gasteiger partial charge in [0.1, 0.15) is 6.61 Å². The molecule has 120 valence electrons. The van der Waals surface area contributed by atoms with E-state index in [1.807, 2.05) is 0 Å². The number of aromatic amines is 1. The second-order valence-corrected chi connectivity index (χ2v) is 4.84. The number of benzene rings is 1. The third-order valence-corrected chi connectivity index (χ3v) is 3.25. The van der Waals surface area contributed by atoms with Crippen molar-refractivity contribution in [3.8, 4) is 0 Å². The highest BCUT2D eigenvalue weighted by Crippen LogP contribution is 2.19. The molecule has 0 amide bonds. The summed E-state index contributed by atoms with van der Waals surface area (Å²) < 4.78 is 17.2. The van der Waals surface area contributed by atoms with E-state index < -0.39 is 29.7 Å². The summed E-state index contributed by atoms with van der Waals surface area (Å²) >= 11 is 0. The molecule has 0 aliphatic carbocycles. The van der Waals surface area contributed by atoms with Crippen molar-refractivity contribution in [1.82, 2.24) is 9.55 Å². The molecule has 3 rings (SSSR count). The van der Waals surface area contributed by atoms with Gasteiger partial charge in [-0.25, -0.2) is 9.59 Å². The molecule has 1 aliphatic heterocycles. The van der Waals surface area contributed by atoms with E-state index >= 15 is 0 Å². The topological polar surface area (TPSA) is 99.6 Å². The normalized spacial score (nSPS) is 20.3. The van der Waals surface area contributed by atoms with Gasteiger partial charge in [0.15, 0.2) is 12.5 Å². The maximum absolute atomic E-state index is 11.8. The minimum Gasteiger partial charge on any atom is -0.457 e. The second kappa shape index (κ2) is 6.59. The van der Waals surface area contributed by atoms with E-state index in [2.05, 4.69) is 4.98 Å². The van der Waals surface area contributed by atoms with Gasteiger partial charge < -0.3 is 14.2 Å². The first-order chi connectivity index (χ1) is 11.1. The van der Waals surface area contributed by atoms with Gasteiger partial charge in [-0.2, -0.15) is 0 Å². The van der Waals surface area contributed by atoms with Gasteiger partial charge in [0.2, 0.25) is 0 Å². The van der Waals surface area contributed by atoms with E-state index in [1.54, 1.807) is 30.3 Å². The Morgan fingerprint density at radius 1 is 1.26 bits per heavy atom. The lowest BCUT2D eigenvalue weighted by Crippen LogP contribution is -2.32. The number of hydrogen-bond donors (Lipinski definition) is 1. The predicted molar refractivity (Wildman–Crippen MR) is 77.9 cm³/mol.